The molecule has 0 aliphatic rings. The van der Waals surface area contributed by atoms with Gasteiger partial charge in [0.15, 0.2) is 0 Å². The van der Waals surface area contributed by atoms with Gasteiger partial charge in [0.25, 0.3) is 0 Å². The molecule has 0 aromatic carbocycles. The van der Waals surface area contributed by atoms with E-state index in [4.69, 9.17) is 4.74 Å². The molecule has 1 N–H and O–H groups in total. The molecule has 0 bridgehead atoms. The summed E-state index contributed by atoms with van der Waals surface area (Å²) in [5.74, 6) is -0.000457. The molecule has 21 heavy (non-hydrogen) atoms. The Kier molecular flexibility index (Phi) is 7.79. The Hall–Kier alpha value is -1.23. The molecule has 0 aromatic heterocycles. The van der Waals surface area contributed by atoms with Gasteiger partial charge < -0.3 is 14.8 Å². The van der Waals surface area contributed by atoms with Crippen molar-refractivity contribution in [1.82, 2.24) is 5.32 Å². The number of ether oxygens (including phenoxy) is 1. The topological polar surface area (TPSA) is 72.5 Å². The average Bonchev–Trinajstić information content (AvgIpc) is 2.33. The summed E-state index contributed by atoms with van der Waals surface area (Å²) in [6.45, 7) is 11.5. The number of hydrogen-bond donors (Lipinski definition) is 1. The zero-order valence-electron chi connectivity index (χ0n) is 14.2. The van der Waals surface area contributed by atoms with Crippen LogP contribution in [0, 0.1) is 5.41 Å². The Labute approximate surface area is 127 Å². The molecule has 0 aliphatic carbocycles. The fourth-order valence-electron chi connectivity index (χ4n) is 1.50. The largest absolute Gasteiger partial charge is 0.374 e. The molecule has 0 rings (SSSR count). The van der Waals surface area contributed by atoms with Crippen LogP contribution in [0.3, 0.4) is 0 Å². The first-order chi connectivity index (χ1) is 9.46. The van der Waals surface area contributed by atoms with E-state index in [1.54, 1.807) is 6.92 Å². The molecule has 0 heterocycles. The van der Waals surface area contributed by atoms with Gasteiger partial charge in [0, 0.05) is 31.4 Å². The van der Waals surface area contributed by atoms with Crippen molar-refractivity contribution >= 4 is 17.5 Å². The van der Waals surface area contributed by atoms with Crippen molar-refractivity contribution < 1.29 is 19.1 Å². The van der Waals surface area contributed by atoms with Gasteiger partial charge in [-0.2, -0.15) is 0 Å². The maximum atomic E-state index is 11.6. The van der Waals surface area contributed by atoms with Gasteiger partial charge >= 0.3 is 0 Å². The summed E-state index contributed by atoms with van der Waals surface area (Å²) in [5, 5.41) is 2.77. The molecule has 0 saturated carbocycles. The van der Waals surface area contributed by atoms with Crippen molar-refractivity contribution in [2.75, 3.05) is 13.2 Å². The lowest BCUT2D eigenvalue weighted by molar-refractivity contribution is -0.127. The fraction of sp³-hybridized carbons (Fsp3) is 0.812. The number of carbonyl (C=O) groups is 3. The van der Waals surface area contributed by atoms with Gasteiger partial charge in [0.1, 0.15) is 11.6 Å². The fourth-order valence-corrected chi connectivity index (χ4v) is 1.50. The first-order valence-electron chi connectivity index (χ1n) is 7.37. The predicted octanol–water partition coefficient (Wildman–Crippen LogP) is 2.27. The Morgan fingerprint density at radius 3 is 2.05 bits per heavy atom. The molecule has 0 aliphatic heterocycles. The second-order valence-corrected chi connectivity index (χ2v) is 6.78. The van der Waals surface area contributed by atoms with Gasteiger partial charge in [0.05, 0.1) is 5.60 Å². The number of Topliss-reactive ketones (excluding diaryl/α,β-unsaturated/α-hetero) is 2. The van der Waals surface area contributed by atoms with E-state index in [1.807, 2.05) is 27.7 Å². The van der Waals surface area contributed by atoms with Gasteiger partial charge in [-0.1, -0.05) is 13.8 Å². The molecule has 122 valence electrons. The molecule has 5 heteroatoms. The summed E-state index contributed by atoms with van der Waals surface area (Å²) in [6, 6.07) is 0. The van der Waals surface area contributed by atoms with E-state index in [1.165, 1.54) is 6.92 Å². The van der Waals surface area contributed by atoms with Crippen LogP contribution >= 0.6 is 0 Å². The highest BCUT2D eigenvalue weighted by atomic mass is 16.5. The van der Waals surface area contributed by atoms with Crippen LogP contribution in [-0.2, 0) is 19.1 Å². The highest BCUT2D eigenvalue weighted by Gasteiger charge is 2.25. The lowest BCUT2D eigenvalue weighted by Gasteiger charge is -2.28. The second-order valence-electron chi connectivity index (χ2n) is 6.78. The summed E-state index contributed by atoms with van der Waals surface area (Å²) in [7, 11) is 0. The molecule has 1 amide bonds. The van der Waals surface area contributed by atoms with Crippen molar-refractivity contribution in [3.05, 3.63) is 0 Å². The zero-order chi connectivity index (χ0) is 16.7. The molecule has 0 unspecified atom stereocenters. The van der Waals surface area contributed by atoms with E-state index < -0.39 is 5.60 Å². The van der Waals surface area contributed by atoms with E-state index in [0.29, 0.717) is 19.6 Å². The predicted molar refractivity (Wildman–Crippen MR) is 82.0 cm³/mol. The van der Waals surface area contributed by atoms with Crippen LogP contribution in [0.4, 0.5) is 0 Å². The third-order valence-electron chi connectivity index (χ3n) is 3.59. The molecule has 0 saturated heterocycles. The van der Waals surface area contributed by atoms with Crippen LogP contribution in [0.25, 0.3) is 0 Å². The third-order valence-corrected chi connectivity index (χ3v) is 3.59. The number of nitrogens with one attached hydrogen (secondary N) is 1. The highest BCUT2D eigenvalue weighted by molar-refractivity contribution is 5.83. The molecule has 0 aromatic rings. The standard InChI is InChI=1S/C16H29NO4/c1-12(18)7-8-14(20)17-11-16(5,6)21-10-9-15(3,4)13(2)19/h7-11H2,1-6H3,(H,17,20). The Morgan fingerprint density at radius 2 is 1.57 bits per heavy atom. The number of hydrogen-bond acceptors (Lipinski definition) is 4. The minimum atomic E-state index is -0.501. The molecule has 0 radical (unpaired) electrons. The normalized spacial score (nSPS) is 12.1. The van der Waals surface area contributed by atoms with Crippen molar-refractivity contribution in [3.63, 3.8) is 0 Å². The van der Waals surface area contributed by atoms with Crippen LogP contribution in [0.2, 0.25) is 0 Å². The number of amides is 1. The highest BCUT2D eigenvalue weighted by Crippen LogP contribution is 2.22. The van der Waals surface area contributed by atoms with E-state index in [-0.39, 0.29) is 35.7 Å². The minimum Gasteiger partial charge on any atom is -0.374 e. The number of ketones is 2. The molecule has 5 nitrogen and oxygen atoms in total. The molecule has 0 atom stereocenters. The summed E-state index contributed by atoms with van der Waals surface area (Å²) < 4.78 is 5.76. The Morgan fingerprint density at radius 1 is 1.00 bits per heavy atom. The van der Waals surface area contributed by atoms with Gasteiger partial charge in [-0.3, -0.25) is 9.59 Å². The summed E-state index contributed by atoms with van der Waals surface area (Å²) in [5.41, 5.74) is -0.889. The van der Waals surface area contributed by atoms with Gasteiger partial charge in [-0.25, -0.2) is 0 Å². The number of carbonyl (C=O) groups excluding carboxylic acids is 3. The van der Waals surface area contributed by atoms with E-state index >= 15 is 0 Å². The molecule has 0 fully saturated rings. The first-order valence-corrected chi connectivity index (χ1v) is 7.37. The van der Waals surface area contributed by atoms with Crippen LogP contribution in [-0.4, -0.2) is 36.2 Å². The SMILES string of the molecule is CC(=O)CCC(=O)NCC(C)(C)OCCC(C)(C)C(C)=O. The lowest BCUT2D eigenvalue weighted by atomic mass is 9.86. The monoisotopic (exact) mass is 299 g/mol. The van der Waals surface area contributed by atoms with Crippen molar-refractivity contribution in [2.45, 2.75) is 66.4 Å². The molecular weight excluding hydrogens is 270 g/mol. The van der Waals surface area contributed by atoms with E-state index in [2.05, 4.69) is 5.32 Å². The quantitative estimate of drug-likeness (QED) is 0.671. The molecular formula is C16H29NO4. The Balaban J connectivity index is 4.06. The van der Waals surface area contributed by atoms with E-state index in [9.17, 15) is 14.4 Å². The van der Waals surface area contributed by atoms with Gasteiger partial charge in [-0.15, -0.1) is 0 Å². The zero-order valence-corrected chi connectivity index (χ0v) is 14.2. The Bertz CT molecular complexity index is 386. The van der Waals surface area contributed by atoms with Gasteiger partial charge in [0.2, 0.25) is 5.91 Å². The maximum Gasteiger partial charge on any atom is 0.220 e. The smallest absolute Gasteiger partial charge is 0.220 e. The van der Waals surface area contributed by atoms with Crippen molar-refractivity contribution in [1.29, 1.82) is 0 Å². The van der Waals surface area contributed by atoms with Gasteiger partial charge in [-0.05, 0) is 34.1 Å². The molecule has 0 spiro atoms. The summed E-state index contributed by atoms with van der Waals surface area (Å²) in [4.78, 5) is 33.8. The number of rotatable bonds is 10. The second kappa shape index (κ2) is 8.27. The van der Waals surface area contributed by atoms with Crippen molar-refractivity contribution in [3.8, 4) is 0 Å². The van der Waals surface area contributed by atoms with Crippen LogP contribution < -0.4 is 5.32 Å². The van der Waals surface area contributed by atoms with Crippen LogP contribution in [0.15, 0.2) is 0 Å². The lowest BCUT2D eigenvalue weighted by Crippen LogP contribution is -2.41. The average molecular weight is 299 g/mol. The third kappa shape index (κ3) is 9.34. The van der Waals surface area contributed by atoms with E-state index in [0.717, 1.165) is 0 Å². The maximum absolute atomic E-state index is 11.6. The summed E-state index contributed by atoms with van der Waals surface area (Å²) >= 11 is 0. The van der Waals surface area contributed by atoms with Crippen LogP contribution in [0.1, 0.15) is 60.8 Å². The van der Waals surface area contributed by atoms with Crippen molar-refractivity contribution in [2.24, 2.45) is 5.41 Å². The summed E-state index contributed by atoms with van der Waals surface area (Å²) in [6.07, 6.45) is 1.12. The van der Waals surface area contributed by atoms with Crippen LogP contribution in [0.5, 0.6) is 0 Å². The first kappa shape index (κ1) is 19.8. The minimum absolute atomic E-state index is 0.00660.